The third kappa shape index (κ3) is 1.94. The van der Waals surface area contributed by atoms with Gasteiger partial charge >= 0.3 is 0 Å². The van der Waals surface area contributed by atoms with E-state index in [0.29, 0.717) is 5.57 Å². The molecule has 0 rings (SSSR count). The molecule has 0 heterocycles. The van der Waals surface area contributed by atoms with Crippen molar-refractivity contribution in [2.75, 3.05) is 6.61 Å². The Bertz CT molecular complexity index is 87.7. The lowest BCUT2D eigenvalue weighted by molar-refractivity contribution is -0.105. The second kappa shape index (κ2) is 3.36. The van der Waals surface area contributed by atoms with Crippen LogP contribution in [0.3, 0.4) is 0 Å². The van der Waals surface area contributed by atoms with E-state index in [2.05, 4.69) is 0 Å². The van der Waals surface area contributed by atoms with Crippen LogP contribution < -0.4 is 11.1 Å². The van der Waals surface area contributed by atoms with E-state index in [9.17, 15) is 0 Å². The van der Waals surface area contributed by atoms with Crippen LogP contribution in [-0.4, -0.2) is 17.9 Å². The number of aliphatic hydroxyl groups is 1. The van der Waals surface area contributed by atoms with Crippen molar-refractivity contribution in [1.82, 2.24) is 0 Å². The summed E-state index contributed by atoms with van der Waals surface area (Å²) in [5.41, 5.74) is 5.50. The summed E-state index contributed by atoms with van der Waals surface area (Å²) >= 11 is 0. The average Bonchev–Trinajstić information content (AvgIpc) is 1.72. The first-order valence-corrected chi connectivity index (χ1v) is 1.91. The molecule has 0 spiro atoms. The summed E-state index contributed by atoms with van der Waals surface area (Å²) < 4.78 is 0. The maximum atomic E-state index is 8.27. The summed E-state index contributed by atoms with van der Waals surface area (Å²) in [7, 11) is 0. The van der Waals surface area contributed by atoms with E-state index in [1.165, 1.54) is 12.4 Å². The van der Waals surface area contributed by atoms with E-state index in [4.69, 9.17) is 16.2 Å². The molecule has 0 aromatic heterocycles. The molecule has 0 amide bonds. The topological polar surface area (TPSA) is 71.8 Å². The molecule has 5 N–H and O–H groups in total. The molecule has 0 aromatic carbocycles. The van der Waals surface area contributed by atoms with Crippen LogP contribution in [0, 0.1) is 0 Å². The van der Waals surface area contributed by atoms with Gasteiger partial charge in [-0.3, -0.25) is 5.41 Å². The maximum Gasteiger partial charge on any atom is 0.167 e. The molecule has 0 bridgehead atoms. The number of nitrogens with two attached hydrogens (primary N) is 2. The lowest BCUT2D eigenvalue weighted by Crippen LogP contribution is -2.31. The Morgan fingerprint density at radius 1 is 1.86 bits per heavy atom. The molecule has 0 saturated carbocycles. The number of hydrogen-bond donors (Lipinski definition) is 3. The fourth-order valence-corrected chi connectivity index (χ4v) is 0.161. The van der Waals surface area contributed by atoms with Gasteiger partial charge in [-0.2, -0.15) is 0 Å². The molecule has 3 nitrogen and oxygen atoms in total. The zero-order valence-corrected chi connectivity index (χ0v) is 3.96. The molecular formula is C4H9N2O+. The molecule has 0 radical (unpaired) electrons. The Hall–Kier alpha value is -0.830. The lowest BCUT2D eigenvalue weighted by atomic mass is 10.3. The Morgan fingerprint density at radius 3 is 2.43 bits per heavy atom. The molecular weight excluding hydrogens is 92.1 g/mol. The van der Waals surface area contributed by atoms with E-state index < -0.39 is 0 Å². The van der Waals surface area contributed by atoms with Gasteiger partial charge in [-0.05, 0) is 0 Å². The SMILES string of the molecule is N/C=C(\C=[NH2+])CO. The van der Waals surface area contributed by atoms with E-state index >= 15 is 0 Å². The standard InChI is InChI=1S/C4H8N2O/c5-1-4(2-6)3-7/h1-2,5,7H,3,6H2/p+1/b4-2+,5-1?. The summed E-state index contributed by atoms with van der Waals surface area (Å²) in [6, 6.07) is 0. The van der Waals surface area contributed by atoms with Crippen molar-refractivity contribution in [3.05, 3.63) is 11.8 Å². The molecule has 0 aromatic rings. The van der Waals surface area contributed by atoms with Gasteiger partial charge < -0.3 is 10.8 Å². The maximum absolute atomic E-state index is 8.27. The highest BCUT2D eigenvalue weighted by Crippen LogP contribution is 1.76. The number of rotatable bonds is 2. The molecule has 40 valence electrons. The molecule has 7 heavy (non-hydrogen) atoms. The van der Waals surface area contributed by atoms with Gasteiger partial charge in [0.15, 0.2) is 6.21 Å². The van der Waals surface area contributed by atoms with E-state index in [0.717, 1.165) is 0 Å². The van der Waals surface area contributed by atoms with Crippen LogP contribution in [0.2, 0.25) is 0 Å². The fraction of sp³-hybridized carbons (Fsp3) is 0.250. The molecule has 0 aliphatic rings. The first-order valence-electron chi connectivity index (χ1n) is 1.91. The zero-order chi connectivity index (χ0) is 5.70. The largest absolute Gasteiger partial charge is 0.404 e. The summed E-state index contributed by atoms with van der Waals surface area (Å²) in [6.45, 7) is -0.0903. The van der Waals surface area contributed by atoms with Crippen LogP contribution in [0.15, 0.2) is 11.8 Å². The molecule has 3 heteroatoms. The zero-order valence-electron chi connectivity index (χ0n) is 3.96. The third-order valence-corrected chi connectivity index (χ3v) is 0.611. The van der Waals surface area contributed by atoms with Crippen molar-refractivity contribution >= 4 is 6.21 Å². The third-order valence-electron chi connectivity index (χ3n) is 0.611. The normalized spacial score (nSPS) is 11.3. The van der Waals surface area contributed by atoms with Crippen LogP contribution in [0.5, 0.6) is 0 Å². The van der Waals surface area contributed by atoms with Crippen molar-refractivity contribution < 1.29 is 10.5 Å². The van der Waals surface area contributed by atoms with Gasteiger partial charge in [0.05, 0.1) is 12.2 Å². The Balaban J connectivity index is 3.60. The van der Waals surface area contributed by atoms with Crippen molar-refractivity contribution in [1.29, 1.82) is 0 Å². The van der Waals surface area contributed by atoms with Crippen LogP contribution >= 0.6 is 0 Å². The highest BCUT2D eigenvalue weighted by atomic mass is 16.3. The van der Waals surface area contributed by atoms with Gasteiger partial charge in [-0.1, -0.05) is 0 Å². The van der Waals surface area contributed by atoms with Crippen LogP contribution in [0.25, 0.3) is 0 Å². The van der Waals surface area contributed by atoms with Crippen molar-refractivity contribution in [2.24, 2.45) is 5.73 Å². The molecule has 0 aliphatic carbocycles. The van der Waals surface area contributed by atoms with Crippen molar-refractivity contribution in [3.8, 4) is 0 Å². The predicted octanol–water partition coefficient (Wildman–Crippen LogP) is -2.35. The molecule has 0 unspecified atom stereocenters. The van der Waals surface area contributed by atoms with Crippen molar-refractivity contribution in [2.45, 2.75) is 0 Å². The predicted molar refractivity (Wildman–Crippen MR) is 27.3 cm³/mol. The van der Waals surface area contributed by atoms with Crippen LogP contribution in [0.1, 0.15) is 0 Å². The number of hydrogen-bond acceptors (Lipinski definition) is 2. The summed E-state index contributed by atoms with van der Waals surface area (Å²) in [6.07, 6.45) is 2.53. The fourth-order valence-electron chi connectivity index (χ4n) is 0.161. The first kappa shape index (κ1) is 6.17. The second-order valence-corrected chi connectivity index (χ2v) is 1.07. The molecule has 0 fully saturated rings. The second-order valence-electron chi connectivity index (χ2n) is 1.07. The van der Waals surface area contributed by atoms with Gasteiger partial charge in [-0.15, -0.1) is 0 Å². The number of aliphatic hydroxyl groups excluding tert-OH is 1. The highest BCUT2D eigenvalue weighted by Gasteiger charge is 1.86. The van der Waals surface area contributed by atoms with E-state index in [1.807, 2.05) is 0 Å². The lowest BCUT2D eigenvalue weighted by Gasteiger charge is -1.82. The quantitative estimate of drug-likeness (QED) is 0.341. The Kier molecular flexibility index (Phi) is 2.96. The van der Waals surface area contributed by atoms with Gasteiger partial charge in [0, 0.05) is 6.20 Å². The van der Waals surface area contributed by atoms with Gasteiger partial charge in [0.2, 0.25) is 0 Å². The van der Waals surface area contributed by atoms with Crippen LogP contribution in [-0.2, 0) is 0 Å². The van der Waals surface area contributed by atoms with Crippen LogP contribution in [0.4, 0.5) is 0 Å². The molecule has 0 aliphatic heterocycles. The minimum Gasteiger partial charge on any atom is -0.404 e. The van der Waals surface area contributed by atoms with E-state index in [1.54, 1.807) is 0 Å². The minimum absolute atomic E-state index is 0.0903. The Morgan fingerprint density at radius 2 is 2.43 bits per heavy atom. The summed E-state index contributed by atoms with van der Waals surface area (Å²) in [5, 5.41) is 13.2. The van der Waals surface area contributed by atoms with Gasteiger partial charge in [0.25, 0.3) is 0 Å². The molecule has 0 atom stereocenters. The first-order chi connectivity index (χ1) is 3.35. The van der Waals surface area contributed by atoms with Gasteiger partial charge in [0.1, 0.15) is 0 Å². The monoisotopic (exact) mass is 101 g/mol. The molecule has 0 saturated heterocycles. The highest BCUT2D eigenvalue weighted by molar-refractivity contribution is 5.72. The minimum atomic E-state index is -0.0903. The Labute approximate surface area is 42.0 Å². The van der Waals surface area contributed by atoms with E-state index in [-0.39, 0.29) is 6.61 Å². The summed E-state index contributed by atoms with van der Waals surface area (Å²) in [4.78, 5) is 0. The average molecular weight is 101 g/mol. The van der Waals surface area contributed by atoms with Crippen molar-refractivity contribution in [3.63, 3.8) is 0 Å². The summed E-state index contributed by atoms with van der Waals surface area (Å²) in [5.74, 6) is 0. The van der Waals surface area contributed by atoms with Gasteiger partial charge in [-0.25, -0.2) is 0 Å². The smallest absolute Gasteiger partial charge is 0.167 e.